The molecule has 0 bridgehead atoms. The van der Waals surface area contributed by atoms with Crippen molar-refractivity contribution >= 4 is 5.95 Å². The van der Waals surface area contributed by atoms with E-state index in [0.717, 1.165) is 21.4 Å². The maximum absolute atomic E-state index is 12.5. The number of nitrogens with two attached hydrogens (primary N) is 1. The molecule has 0 radical (unpaired) electrons. The van der Waals surface area contributed by atoms with Crippen LogP contribution in [0.2, 0.25) is 0 Å². The van der Waals surface area contributed by atoms with E-state index in [1.807, 2.05) is 6.07 Å². The van der Waals surface area contributed by atoms with Gasteiger partial charge in [-0.1, -0.05) is 17.3 Å². The largest absolute Gasteiger partial charge is 0.408 e. The summed E-state index contributed by atoms with van der Waals surface area (Å²) in [5.41, 5.74) is 11.3. The number of halogens is 3. The average Bonchev–Trinajstić information content (AvgIpc) is 3.41. The highest BCUT2D eigenvalue weighted by Gasteiger charge is 2.28. The Kier molecular flexibility index (Phi) is 4.81. The summed E-state index contributed by atoms with van der Waals surface area (Å²) in [6.07, 6.45) is -0.175. The Morgan fingerprint density at radius 3 is 2.64 bits per heavy atom. The van der Waals surface area contributed by atoms with Gasteiger partial charge in [-0.2, -0.15) is 23.5 Å². The van der Waals surface area contributed by atoms with Crippen molar-refractivity contribution in [3.05, 3.63) is 59.0 Å². The van der Waals surface area contributed by atoms with Crippen molar-refractivity contribution in [2.75, 3.05) is 5.73 Å². The molecular formula is C21H16F3N9. The third-order valence-corrected chi connectivity index (χ3v) is 5.34. The number of nitrogen functional groups attached to an aromatic ring is 1. The molecule has 0 saturated heterocycles. The summed E-state index contributed by atoms with van der Waals surface area (Å²) >= 11 is 0. The predicted octanol–water partition coefficient (Wildman–Crippen LogP) is 2.76. The molecule has 0 unspecified atom stereocenters. The Morgan fingerprint density at radius 2 is 1.85 bits per heavy atom. The van der Waals surface area contributed by atoms with Gasteiger partial charge < -0.3 is 5.73 Å². The summed E-state index contributed by atoms with van der Waals surface area (Å²) in [6.45, 7) is -1.01. The van der Waals surface area contributed by atoms with E-state index in [4.69, 9.17) is 5.73 Å². The van der Waals surface area contributed by atoms with Crippen molar-refractivity contribution in [2.24, 2.45) is 0 Å². The van der Waals surface area contributed by atoms with E-state index >= 15 is 0 Å². The first-order valence-electron chi connectivity index (χ1n) is 9.99. The Hall–Kier alpha value is -4.27. The smallest absolute Gasteiger partial charge is 0.368 e. The van der Waals surface area contributed by atoms with Gasteiger partial charge in [-0.15, -0.1) is 5.10 Å². The fraction of sp³-hybridized carbons (Fsp3) is 0.238. The standard InChI is InChI=1S/C21H16F3N9/c22-21(23,24)11-32-7-6-13(30-32)9-33-10-17(29-31-33)19-16-5-4-14-12(8-25)2-1-3-15(14)18(16)27-20(26)28-19/h1-3,6-7,10H,4-5,9,11H2,(H2,26,27,28). The number of hydrogen-bond acceptors (Lipinski definition) is 7. The van der Waals surface area contributed by atoms with Crippen LogP contribution in [-0.4, -0.2) is 40.9 Å². The van der Waals surface area contributed by atoms with Crippen LogP contribution < -0.4 is 5.73 Å². The van der Waals surface area contributed by atoms with E-state index in [2.05, 4.69) is 31.4 Å². The number of nitrogens with zero attached hydrogens (tertiary/aromatic N) is 8. The molecule has 12 heteroatoms. The first kappa shape index (κ1) is 20.6. The summed E-state index contributed by atoms with van der Waals surface area (Å²) < 4.78 is 40.0. The molecule has 4 aromatic rings. The van der Waals surface area contributed by atoms with Crippen LogP contribution in [0.3, 0.4) is 0 Å². The molecule has 3 aromatic heterocycles. The van der Waals surface area contributed by atoms with Crippen LogP contribution >= 0.6 is 0 Å². The lowest BCUT2D eigenvalue weighted by Crippen LogP contribution is -2.18. The molecule has 1 aliphatic carbocycles. The normalized spacial score (nSPS) is 12.8. The second kappa shape index (κ2) is 7.70. The van der Waals surface area contributed by atoms with E-state index in [-0.39, 0.29) is 12.5 Å². The molecule has 9 nitrogen and oxygen atoms in total. The van der Waals surface area contributed by atoms with Crippen molar-refractivity contribution < 1.29 is 13.2 Å². The van der Waals surface area contributed by atoms with Gasteiger partial charge in [-0.05, 0) is 30.5 Å². The predicted molar refractivity (Wildman–Crippen MR) is 110 cm³/mol. The molecule has 0 atom stereocenters. The van der Waals surface area contributed by atoms with Crippen LogP contribution in [0.25, 0.3) is 22.6 Å². The van der Waals surface area contributed by atoms with Crippen molar-refractivity contribution in [2.45, 2.75) is 32.1 Å². The topological polar surface area (TPSA) is 124 Å². The highest BCUT2D eigenvalue weighted by molar-refractivity contribution is 5.78. The van der Waals surface area contributed by atoms with Gasteiger partial charge >= 0.3 is 6.18 Å². The first-order chi connectivity index (χ1) is 15.8. The van der Waals surface area contributed by atoms with Crippen molar-refractivity contribution in [3.8, 4) is 28.7 Å². The second-order valence-corrected chi connectivity index (χ2v) is 7.62. The summed E-state index contributed by atoms with van der Waals surface area (Å²) in [5, 5.41) is 21.6. The summed E-state index contributed by atoms with van der Waals surface area (Å²) in [5.74, 6) is 0.0689. The van der Waals surface area contributed by atoms with Gasteiger partial charge in [0.1, 0.15) is 17.9 Å². The fourth-order valence-electron chi connectivity index (χ4n) is 4.02. The van der Waals surface area contributed by atoms with Crippen LogP contribution in [0.4, 0.5) is 19.1 Å². The van der Waals surface area contributed by atoms with Crippen LogP contribution in [0.1, 0.15) is 22.4 Å². The van der Waals surface area contributed by atoms with E-state index < -0.39 is 12.7 Å². The van der Waals surface area contributed by atoms with E-state index in [1.54, 1.807) is 18.3 Å². The number of aromatic nitrogens is 7. The lowest BCUT2D eigenvalue weighted by atomic mass is 9.85. The molecule has 0 spiro atoms. The van der Waals surface area contributed by atoms with Crippen LogP contribution in [-0.2, 0) is 25.9 Å². The third-order valence-electron chi connectivity index (χ3n) is 5.34. The molecule has 0 aliphatic heterocycles. The fourth-order valence-corrected chi connectivity index (χ4v) is 4.02. The Bertz CT molecular complexity index is 1390. The summed E-state index contributed by atoms with van der Waals surface area (Å²) in [7, 11) is 0. The number of anilines is 1. The highest BCUT2D eigenvalue weighted by Crippen LogP contribution is 2.37. The van der Waals surface area contributed by atoms with Gasteiger partial charge in [0.25, 0.3) is 0 Å². The molecule has 0 saturated carbocycles. The zero-order valence-electron chi connectivity index (χ0n) is 17.1. The van der Waals surface area contributed by atoms with Gasteiger partial charge in [0, 0.05) is 17.3 Å². The summed E-state index contributed by atoms with van der Waals surface area (Å²) in [6, 6.07) is 9.20. The molecule has 5 rings (SSSR count). The maximum Gasteiger partial charge on any atom is 0.408 e. The molecule has 1 aromatic carbocycles. The second-order valence-electron chi connectivity index (χ2n) is 7.62. The number of hydrogen-bond donors (Lipinski definition) is 1. The number of rotatable bonds is 4. The van der Waals surface area contributed by atoms with E-state index in [1.165, 1.54) is 16.9 Å². The van der Waals surface area contributed by atoms with Gasteiger partial charge in [-0.3, -0.25) is 4.68 Å². The zero-order chi connectivity index (χ0) is 23.2. The molecular weight excluding hydrogens is 435 g/mol. The highest BCUT2D eigenvalue weighted by atomic mass is 19.4. The van der Waals surface area contributed by atoms with E-state index in [0.29, 0.717) is 41.2 Å². The first-order valence-corrected chi connectivity index (χ1v) is 9.99. The van der Waals surface area contributed by atoms with E-state index in [9.17, 15) is 18.4 Å². The minimum atomic E-state index is -4.34. The SMILES string of the molecule is N#Cc1cccc2c1CCc1c(-c3cn(Cc4ccn(CC(F)(F)F)n4)nn3)nc(N)nc1-2. The van der Waals surface area contributed by atoms with Gasteiger partial charge in [0.2, 0.25) is 5.95 Å². The lowest BCUT2D eigenvalue weighted by molar-refractivity contribution is -0.142. The Labute approximate surface area is 185 Å². The minimum Gasteiger partial charge on any atom is -0.368 e. The minimum absolute atomic E-state index is 0.0689. The summed E-state index contributed by atoms with van der Waals surface area (Å²) in [4.78, 5) is 8.80. The molecule has 166 valence electrons. The monoisotopic (exact) mass is 451 g/mol. The number of alkyl halides is 3. The van der Waals surface area contributed by atoms with Gasteiger partial charge in [-0.25, -0.2) is 14.6 Å². The van der Waals surface area contributed by atoms with Crippen molar-refractivity contribution in [1.29, 1.82) is 5.26 Å². The van der Waals surface area contributed by atoms with Crippen molar-refractivity contribution in [1.82, 2.24) is 34.7 Å². The average molecular weight is 451 g/mol. The molecule has 33 heavy (non-hydrogen) atoms. The lowest BCUT2D eigenvalue weighted by Gasteiger charge is -2.21. The quantitative estimate of drug-likeness (QED) is 0.506. The van der Waals surface area contributed by atoms with Gasteiger partial charge in [0.15, 0.2) is 0 Å². The Balaban J connectivity index is 1.46. The maximum atomic E-state index is 12.5. The third kappa shape index (κ3) is 4.00. The molecule has 1 aliphatic rings. The molecule has 0 amide bonds. The van der Waals surface area contributed by atoms with Crippen molar-refractivity contribution in [3.63, 3.8) is 0 Å². The number of benzene rings is 1. The van der Waals surface area contributed by atoms with Crippen LogP contribution in [0.15, 0.2) is 36.7 Å². The molecule has 2 N–H and O–H groups in total. The molecule has 3 heterocycles. The zero-order valence-corrected chi connectivity index (χ0v) is 17.1. The molecule has 0 fully saturated rings. The van der Waals surface area contributed by atoms with Gasteiger partial charge in [0.05, 0.1) is 35.8 Å². The number of nitriles is 1. The Morgan fingerprint density at radius 1 is 1.06 bits per heavy atom. The van der Waals surface area contributed by atoms with Crippen LogP contribution in [0, 0.1) is 11.3 Å². The number of fused-ring (bicyclic) bond motifs is 3. The van der Waals surface area contributed by atoms with Crippen LogP contribution in [0.5, 0.6) is 0 Å².